The molecule has 1 unspecified atom stereocenters. The zero-order valence-corrected chi connectivity index (χ0v) is 12.3. The van der Waals surface area contributed by atoms with Gasteiger partial charge in [0.1, 0.15) is 5.82 Å². The van der Waals surface area contributed by atoms with Crippen LogP contribution in [-0.2, 0) is 13.6 Å². The minimum absolute atomic E-state index is 0.596. The molecule has 0 bridgehead atoms. The molecule has 0 amide bonds. The van der Waals surface area contributed by atoms with E-state index in [-0.39, 0.29) is 0 Å². The molecule has 1 atom stereocenters. The van der Waals surface area contributed by atoms with Crippen molar-refractivity contribution in [3.05, 3.63) is 18.2 Å². The highest BCUT2D eigenvalue weighted by Crippen LogP contribution is 2.08. The van der Waals surface area contributed by atoms with E-state index in [0.717, 1.165) is 25.5 Å². The average Bonchev–Trinajstić information content (AvgIpc) is 2.74. The summed E-state index contributed by atoms with van der Waals surface area (Å²) in [6.07, 6.45) is 7.53. The van der Waals surface area contributed by atoms with Crippen molar-refractivity contribution in [2.45, 2.75) is 45.7 Å². The Kier molecular flexibility index (Phi) is 6.98. The summed E-state index contributed by atoms with van der Waals surface area (Å²) in [5.41, 5.74) is 0. The largest absolute Gasteiger partial charge is 0.337 e. The molecule has 0 saturated carbocycles. The molecule has 0 saturated heterocycles. The van der Waals surface area contributed by atoms with Crippen LogP contribution in [0.2, 0.25) is 0 Å². The van der Waals surface area contributed by atoms with E-state index in [1.807, 2.05) is 12.4 Å². The summed E-state index contributed by atoms with van der Waals surface area (Å²) < 4.78 is 2.10. The Bertz CT molecular complexity index is 321. The van der Waals surface area contributed by atoms with Gasteiger partial charge < -0.3 is 9.88 Å². The van der Waals surface area contributed by atoms with Crippen LogP contribution in [0.4, 0.5) is 0 Å². The first-order valence-electron chi connectivity index (χ1n) is 7.06. The zero-order chi connectivity index (χ0) is 13.4. The van der Waals surface area contributed by atoms with E-state index in [1.54, 1.807) is 0 Å². The Hall–Kier alpha value is -0.870. The van der Waals surface area contributed by atoms with Crippen LogP contribution in [0.5, 0.6) is 0 Å². The molecule has 1 rings (SSSR count). The number of nitrogens with zero attached hydrogens (tertiary/aromatic N) is 3. The van der Waals surface area contributed by atoms with E-state index < -0.39 is 0 Å². The predicted molar refractivity (Wildman–Crippen MR) is 76.5 cm³/mol. The fourth-order valence-corrected chi connectivity index (χ4v) is 2.16. The third kappa shape index (κ3) is 4.78. The molecule has 0 aliphatic rings. The number of aryl methyl sites for hydroxylation is 1. The number of aromatic nitrogens is 2. The summed E-state index contributed by atoms with van der Waals surface area (Å²) >= 11 is 0. The van der Waals surface area contributed by atoms with E-state index in [9.17, 15) is 0 Å². The summed E-state index contributed by atoms with van der Waals surface area (Å²) in [6.45, 7) is 7.56. The van der Waals surface area contributed by atoms with Crippen molar-refractivity contribution in [1.29, 1.82) is 0 Å². The van der Waals surface area contributed by atoms with Crippen molar-refractivity contribution in [3.63, 3.8) is 0 Å². The van der Waals surface area contributed by atoms with E-state index in [4.69, 9.17) is 0 Å². The first kappa shape index (κ1) is 15.2. The standard InChI is InChI=1S/C14H28N4/c1-5-7-13(11-15-8-6-2)18(4)12-14-16-9-10-17(14)3/h9-10,13,15H,5-8,11-12H2,1-4H3. The molecule has 0 spiro atoms. The molecular weight excluding hydrogens is 224 g/mol. The van der Waals surface area contributed by atoms with Crippen molar-refractivity contribution in [2.24, 2.45) is 7.05 Å². The molecule has 1 aromatic rings. The van der Waals surface area contributed by atoms with Crippen LogP contribution < -0.4 is 5.32 Å². The van der Waals surface area contributed by atoms with Gasteiger partial charge in [-0.2, -0.15) is 0 Å². The fourth-order valence-electron chi connectivity index (χ4n) is 2.16. The molecule has 0 aliphatic carbocycles. The lowest BCUT2D eigenvalue weighted by Gasteiger charge is -2.28. The van der Waals surface area contributed by atoms with Gasteiger partial charge in [0.2, 0.25) is 0 Å². The molecule has 1 heterocycles. The highest BCUT2D eigenvalue weighted by molar-refractivity contribution is 4.91. The van der Waals surface area contributed by atoms with Crippen LogP contribution in [-0.4, -0.2) is 40.6 Å². The van der Waals surface area contributed by atoms with Gasteiger partial charge in [0.15, 0.2) is 0 Å². The molecular formula is C14H28N4. The fraction of sp³-hybridized carbons (Fsp3) is 0.786. The topological polar surface area (TPSA) is 33.1 Å². The van der Waals surface area contributed by atoms with Crippen LogP contribution in [0.15, 0.2) is 12.4 Å². The summed E-state index contributed by atoms with van der Waals surface area (Å²) in [5.74, 6) is 1.13. The maximum Gasteiger partial charge on any atom is 0.122 e. The average molecular weight is 252 g/mol. The number of nitrogens with one attached hydrogen (secondary N) is 1. The zero-order valence-electron chi connectivity index (χ0n) is 12.3. The lowest BCUT2D eigenvalue weighted by molar-refractivity contribution is 0.208. The Morgan fingerprint density at radius 3 is 2.72 bits per heavy atom. The second-order valence-electron chi connectivity index (χ2n) is 5.02. The first-order valence-corrected chi connectivity index (χ1v) is 7.06. The van der Waals surface area contributed by atoms with Crippen molar-refractivity contribution in [3.8, 4) is 0 Å². The van der Waals surface area contributed by atoms with E-state index in [1.165, 1.54) is 19.3 Å². The molecule has 4 heteroatoms. The maximum atomic E-state index is 4.40. The van der Waals surface area contributed by atoms with Crippen molar-refractivity contribution in [2.75, 3.05) is 20.1 Å². The molecule has 4 nitrogen and oxygen atoms in total. The Morgan fingerprint density at radius 2 is 2.17 bits per heavy atom. The van der Waals surface area contributed by atoms with Gasteiger partial charge >= 0.3 is 0 Å². The lowest BCUT2D eigenvalue weighted by Crippen LogP contribution is -2.40. The minimum atomic E-state index is 0.596. The smallest absolute Gasteiger partial charge is 0.122 e. The lowest BCUT2D eigenvalue weighted by atomic mass is 10.1. The highest BCUT2D eigenvalue weighted by atomic mass is 15.2. The minimum Gasteiger partial charge on any atom is -0.337 e. The number of hydrogen-bond donors (Lipinski definition) is 1. The maximum absolute atomic E-state index is 4.40. The number of likely N-dealkylation sites (N-methyl/N-ethyl adjacent to an activating group) is 1. The summed E-state index contributed by atoms with van der Waals surface area (Å²) in [6, 6.07) is 0.596. The quantitative estimate of drug-likeness (QED) is 0.683. The number of rotatable bonds is 9. The molecule has 0 radical (unpaired) electrons. The predicted octanol–water partition coefficient (Wildman–Crippen LogP) is 2.02. The highest BCUT2D eigenvalue weighted by Gasteiger charge is 2.15. The van der Waals surface area contributed by atoms with Crippen LogP contribution in [0, 0.1) is 0 Å². The summed E-state index contributed by atoms with van der Waals surface area (Å²) in [5, 5.41) is 3.53. The van der Waals surface area contributed by atoms with Gasteiger partial charge in [-0.05, 0) is 26.4 Å². The van der Waals surface area contributed by atoms with Gasteiger partial charge in [0, 0.05) is 32.0 Å². The second kappa shape index (κ2) is 8.27. The Labute approximate surface area is 111 Å². The van der Waals surface area contributed by atoms with Crippen molar-refractivity contribution >= 4 is 0 Å². The van der Waals surface area contributed by atoms with Crippen molar-refractivity contribution < 1.29 is 0 Å². The van der Waals surface area contributed by atoms with Gasteiger partial charge in [-0.15, -0.1) is 0 Å². The van der Waals surface area contributed by atoms with Crippen molar-refractivity contribution in [1.82, 2.24) is 19.8 Å². The molecule has 104 valence electrons. The number of hydrogen-bond acceptors (Lipinski definition) is 3. The SMILES string of the molecule is CCCNCC(CCC)N(C)Cc1nccn1C. The molecule has 0 aliphatic heterocycles. The van der Waals surface area contributed by atoms with E-state index in [0.29, 0.717) is 6.04 Å². The molecule has 0 aromatic carbocycles. The molecule has 18 heavy (non-hydrogen) atoms. The van der Waals surface area contributed by atoms with Gasteiger partial charge in [-0.3, -0.25) is 4.90 Å². The van der Waals surface area contributed by atoms with E-state index in [2.05, 4.69) is 47.7 Å². The third-order valence-electron chi connectivity index (χ3n) is 3.36. The Morgan fingerprint density at radius 1 is 1.39 bits per heavy atom. The monoisotopic (exact) mass is 252 g/mol. The van der Waals surface area contributed by atoms with Crippen LogP contribution >= 0.6 is 0 Å². The number of imidazole rings is 1. The van der Waals surface area contributed by atoms with Gasteiger partial charge in [-0.25, -0.2) is 4.98 Å². The normalized spacial score (nSPS) is 13.2. The van der Waals surface area contributed by atoms with Gasteiger partial charge in [-0.1, -0.05) is 20.3 Å². The third-order valence-corrected chi connectivity index (χ3v) is 3.36. The molecule has 1 N–H and O–H groups in total. The first-order chi connectivity index (χ1) is 8.69. The van der Waals surface area contributed by atoms with E-state index >= 15 is 0 Å². The van der Waals surface area contributed by atoms with Gasteiger partial charge in [0.25, 0.3) is 0 Å². The van der Waals surface area contributed by atoms with Crippen LogP contribution in [0.25, 0.3) is 0 Å². The van der Waals surface area contributed by atoms with Gasteiger partial charge in [0.05, 0.1) is 6.54 Å². The molecule has 1 aromatic heterocycles. The van der Waals surface area contributed by atoms with Crippen LogP contribution in [0.3, 0.4) is 0 Å². The summed E-state index contributed by atoms with van der Waals surface area (Å²) in [4.78, 5) is 6.81. The second-order valence-corrected chi connectivity index (χ2v) is 5.02. The van der Waals surface area contributed by atoms with Crippen LogP contribution in [0.1, 0.15) is 38.9 Å². The molecule has 0 fully saturated rings. The Balaban J connectivity index is 2.48. The summed E-state index contributed by atoms with van der Waals surface area (Å²) in [7, 11) is 4.25.